The van der Waals surface area contributed by atoms with Gasteiger partial charge in [-0.3, -0.25) is 5.32 Å². The van der Waals surface area contributed by atoms with Gasteiger partial charge in [0.2, 0.25) is 0 Å². The molecular weight excluding hydrogens is 216 g/mol. The van der Waals surface area contributed by atoms with Crippen LogP contribution in [-0.4, -0.2) is 33.2 Å². The van der Waals surface area contributed by atoms with Crippen molar-refractivity contribution in [1.29, 1.82) is 0 Å². The van der Waals surface area contributed by atoms with Gasteiger partial charge in [-0.1, -0.05) is 20.3 Å². The van der Waals surface area contributed by atoms with Gasteiger partial charge in [0.25, 0.3) is 0 Å². The van der Waals surface area contributed by atoms with E-state index in [2.05, 4.69) is 30.2 Å². The molecule has 0 aliphatic carbocycles. The normalized spacial score (nSPS) is 11.7. The monoisotopic (exact) mass is 242 g/mol. The van der Waals surface area contributed by atoms with Gasteiger partial charge in [0.1, 0.15) is 6.73 Å². The Balaban J connectivity index is 3.26. The molecule has 0 aromatic rings. The van der Waals surface area contributed by atoms with E-state index in [1.54, 1.807) is 6.20 Å². The highest BCUT2D eigenvalue weighted by Crippen LogP contribution is 1.99. The first-order valence-electron chi connectivity index (χ1n) is 6.30. The molecule has 1 unspecified atom stereocenters. The minimum absolute atomic E-state index is 0.539. The highest BCUT2D eigenvalue weighted by molar-refractivity contribution is 4.84. The maximum atomic E-state index is 5.41. The Morgan fingerprint density at radius 3 is 2.76 bits per heavy atom. The van der Waals surface area contributed by atoms with Crippen molar-refractivity contribution < 1.29 is 9.47 Å². The molecule has 1 atom stereocenters. The summed E-state index contributed by atoms with van der Waals surface area (Å²) in [6, 6.07) is 0. The molecule has 0 rings (SSSR count). The first-order chi connectivity index (χ1) is 8.31. The molecule has 0 bridgehead atoms. The molecule has 0 radical (unpaired) electrons. The van der Waals surface area contributed by atoms with E-state index in [0.29, 0.717) is 19.4 Å². The average molecular weight is 242 g/mol. The minimum Gasteiger partial charge on any atom is -0.367 e. The summed E-state index contributed by atoms with van der Waals surface area (Å²) in [6.45, 7) is 9.74. The maximum Gasteiger partial charge on any atom is 0.116 e. The van der Waals surface area contributed by atoms with E-state index in [1.165, 1.54) is 0 Å². The first-order valence-corrected chi connectivity index (χ1v) is 6.30. The molecule has 0 saturated heterocycles. The molecule has 0 heterocycles. The van der Waals surface area contributed by atoms with E-state index in [0.717, 1.165) is 26.2 Å². The van der Waals surface area contributed by atoms with Gasteiger partial charge in [-0.2, -0.15) is 0 Å². The van der Waals surface area contributed by atoms with Crippen molar-refractivity contribution in [3.05, 3.63) is 18.0 Å². The molecule has 2 N–H and O–H groups in total. The first kappa shape index (κ1) is 16.2. The van der Waals surface area contributed by atoms with Crippen molar-refractivity contribution in [1.82, 2.24) is 10.6 Å². The molecule has 0 fully saturated rings. The Hall–Kier alpha value is -0.800. The Morgan fingerprint density at radius 1 is 1.24 bits per heavy atom. The molecule has 17 heavy (non-hydrogen) atoms. The van der Waals surface area contributed by atoms with E-state index >= 15 is 0 Å². The molecule has 100 valence electrons. The summed E-state index contributed by atoms with van der Waals surface area (Å²) < 4.78 is 10.5. The largest absolute Gasteiger partial charge is 0.367 e. The molecule has 0 saturated carbocycles. The predicted molar refractivity (Wildman–Crippen MR) is 70.6 cm³/mol. The molecule has 0 aromatic heterocycles. The fraction of sp³-hybridized carbons (Fsp3) is 0.769. The van der Waals surface area contributed by atoms with Gasteiger partial charge in [0.15, 0.2) is 0 Å². The minimum atomic E-state index is 0.539. The molecule has 0 spiro atoms. The van der Waals surface area contributed by atoms with Gasteiger partial charge in [0, 0.05) is 19.4 Å². The lowest BCUT2D eigenvalue weighted by atomic mass is 10.1. The third-order valence-electron chi connectivity index (χ3n) is 2.24. The molecule has 0 aromatic carbocycles. The molecular formula is C13H26N2O2. The van der Waals surface area contributed by atoms with Crippen LogP contribution in [0.1, 0.15) is 27.2 Å². The summed E-state index contributed by atoms with van der Waals surface area (Å²) in [5, 5.41) is 6.11. The Morgan fingerprint density at radius 2 is 2.06 bits per heavy atom. The molecule has 0 aliphatic heterocycles. The lowest BCUT2D eigenvalue weighted by Gasteiger charge is -2.08. The molecule has 4 heteroatoms. The van der Waals surface area contributed by atoms with Crippen LogP contribution in [0.25, 0.3) is 0 Å². The lowest BCUT2D eigenvalue weighted by Crippen LogP contribution is -2.17. The SMILES string of the molecule is CCOCNCC=C=CNCOCC(C)CC. The third kappa shape index (κ3) is 13.1. The summed E-state index contributed by atoms with van der Waals surface area (Å²) in [5.74, 6) is 0.624. The van der Waals surface area contributed by atoms with Crippen LogP contribution in [0.3, 0.4) is 0 Å². The lowest BCUT2D eigenvalue weighted by molar-refractivity contribution is 0.0961. The summed E-state index contributed by atoms with van der Waals surface area (Å²) >= 11 is 0. The Kier molecular flexibility index (Phi) is 12.6. The maximum absolute atomic E-state index is 5.41. The van der Waals surface area contributed by atoms with Gasteiger partial charge in [0.05, 0.1) is 13.3 Å². The van der Waals surface area contributed by atoms with E-state index in [-0.39, 0.29) is 0 Å². The zero-order valence-electron chi connectivity index (χ0n) is 11.3. The van der Waals surface area contributed by atoms with Crippen LogP contribution < -0.4 is 10.6 Å². The summed E-state index contributed by atoms with van der Waals surface area (Å²) in [5.41, 5.74) is 3.01. The molecule has 0 aliphatic rings. The van der Waals surface area contributed by atoms with Crippen molar-refractivity contribution >= 4 is 0 Å². The second-order valence-electron chi connectivity index (χ2n) is 3.84. The summed E-state index contributed by atoms with van der Waals surface area (Å²) in [4.78, 5) is 0. The number of nitrogens with one attached hydrogen (secondary N) is 2. The quantitative estimate of drug-likeness (QED) is 0.330. The Bertz CT molecular complexity index is 213. The molecule has 0 amide bonds. The van der Waals surface area contributed by atoms with Crippen LogP contribution in [0.4, 0.5) is 0 Å². The van der Waals surface area contributed by atoms with Crippen LogP contribution in [0.5, 0.6) is 0 Å². The second kappa shape index (κ2) is 13.3. The molecule has 4 nitrogen and oxygen atoms in total. The number of hydrogen-bond acceptors (Lipinski definition) is 4. The van der Waals surface area contributed by atoms with Gasteiger partial charge in [-0.25, -0.2) is 0 Å². The fourth-order valence-electron chi connectivity index (χ4n) is 0.961. The predicted octanol–water partition coefficient (Wildman–Crippen LogP) is 1.85. The van der Waals surface area contributed by atoms with E-state index < -0.39 is 0 Å². The standard InChI is InChI=1S/C13H26N2O2/c1-4-13(3)10-17-12-15-9-7-6-8-14-11-16-5-2/h6,9,13-15H,4-5,8,10-12H2,1-3H3. The van der Waals surface area contributed by atoms with E-state index in [4.69, 9.17) is 9.47 Å². The highest BCUT2D eigenvalue weighted by atomic mass is 16.5. The van der Waals surface area contributed by atoms with Crippen LogP contribution in [0.2, 0.25) is 0 Å². The summed E-state index contributed by atoms with van der Waals surface area (Å²) in [6.07, 6.45) is 4.82. The zero-order valence-corrected chi connectivity index (χ0v) is 11.3. The third-order valence-corrected chi connectivity index (χ3v) is 2.24. The highest BCUT2D eigenvalue weighted by Gasteiger charge is 1.96. The fourth-order valence-corrected chi connectivity index (χ4v) is 0.961. The van der Waals surface area contributed by atoms with E-state index in [9.17, 15) is 0 Å². The van der Waals surface area contributed by atoms with Crippen molar-refractivity contribution in [3.8, 4) is 0 Å². The topological polar surface area (TPSA) is 42.5 Å². The average Bonchev–Trinajstić information content (AvgIpc) is 2.35. The van der Waals surface area contributed by atoms with Crippen molar-refractivity contribution in [2.45, 2.75) is 27.2 Å². The van der Waals surface area contributed by atoms with Gasteiger partial charge >= 0.3 is 0 Å². The van der Waals surface area contributed by atoms with Gasteiger partial charge in [-0.05, 0) is 18.9 Å². The second-order valence-corrected chi connectivity index (χ2v) is 3.84. The van der Waals surface area contributed by atoms with Crippen molar-refractivity contribution in [2.24, 2.45) is 5.92 Å². The van der Waals surface area contributed by atoms with Crippen LogP contribution in [0, 0.1) is 5.92 Å². The van der Waals surface area contributed by atoms with Crippen molar-refractivity contribution in [2.75, 3.05) is 33.2 Å². The van der Waals surface area contributed by atoms with Crippen LogP contribution >= 0.6 is 0 Å². The number of rotatable bonds is 11. The summed E-state index contributed by atoms with van der Waals surface area (Å²) in [7, 11) is 0. The smallest absolute Gasteiger partial charge is 0.116 e. The van der Waals surface area contributed by atoms with Crippen molar-refractivity contribution in [3.63, 3.8) is 0 Å². The Labute approximate surface area is 105 Å². The van der Waals surface area contributed by atoms with Gasteiger partial charge in [-0.15, -0.1) is 5.73 Å². The zero-order chi connectivity index (χ0) is 12.8. The van der Waals surface area contributed by atoms with Crippen LogP contribution in [-0.2, 0) is 9.47 Å². The van der Waals surface area contributed by atoms with Gasteiger partial charge < -0.3 is 14.8 Å². The van der Waals surface area contributed by atoms with Crippen LogP contribution in [0.15, 0.2) is 18.0 Å². The number of ether oxygens (including phenoxy) is 2. The number of hydrogen-bond donors (Lipinski definition) is 2. The van der Waals surface area contributed by atoms with E-state index in [1.807, 2.05) is 13.0 Å².